The van der Waals surface area contributed by atoms with E-state index < -0.39 is 5.97 Å². The van der Waals surface area contributed by atoms with E-state index in [2.05, 4.69) is 10.1 Å². The second kappa shape index (κ2) is 6.77. The van der Waals surface area contributed by atoms with E-state index in [1.165, 1.54) is 7.11 Å². The Morgan fingerprint density at radius 2 is 2.15 bits per heavy atom. The molecule has 0 atom stereocenters. The van der Waals surface area contributed by atoms with Gasteiger partial charge in [-0.05, 0) is 36.9 Å². The van der Waals surface area contributed by atoms with Crippen LogP contribution in [0.3, 0.4) is 0 Å². The Balaban J connectivity index is 1.96. The van der Waals surface area contributed by atoms with E-state index >= 15 is 0 Å². The molecule has 0 amide bonds. The average molecular weight is 275 g/mol. The summed E-state index contributed by atoms with van der Waals surface area (Å²) >= 11 is 0. The Morgan fingerprint density at radius 1 is 1.30 bits per heavy atom. The highest BCUT2D eigenvalue weighted by Gasteiger charge is 2.11. The van der Waals surface area contributed by atoms with Crippen molar-refractivity contribution in [3.8, 4) is 5.75 Å². The number of furan rings is 1. The van der Waals surface area contributed by atoms with Gasteiger partial charge >= 0.3 is 5.97 Å². The highest BCUT2D eigenvalue weighted by Crippen LogP contribution is 2.16. The van der Waals surface area contributed by atoms with E-state index in [0.29, 0.717) is 5.76 Å². The average Bonchev–Trinajstić information content (AvgIpc) is 2.94. The molecule has 5 nitrogen and oxygen atoms in total. The molecule has 0 aliphatic carbocycles. The quantitative estimate of drug-likeness (QED) is 0.820. The van der Waals surface area contributed by atoms with Crippen LogP contribution in [0.15, 0.2) is 40.8 Å². The minimum Gasteiger partial charge on any atom is -0.486 e. The summed E-state index contributed by atoms with van der Waals surface area (Å²) in [5, 5.41) is 3.08. The first-order valence-corrected chi connectivity index (χ1v) is 6.26. The molecule has 20 heavy (non-hydrogen) atoms. The number of rotatable bonds is 6. The van der Waals surface area contributed by atoms with Crippen molar-refractivity contribution in [2.45, 2.75) is 13.2 Å². The van der Waals surface area contributed by atoms with Gasteiger partial charge in [0, 0.05) is 6.54 Å². The first-order valence-electron chi connectivity index (χ1n) is 6.26. The number of methoxy groups -OCH3 is 1. The Morgan fingerprint density at radius 3 is 2.90 bits per heavy atom. The third kappa shape index (κ3) is 3.61. The van der Waals surface area contributed by atoms with E-state index in [1.54, 1.807) is 12.1 Å². The summed E-state index contributed by atoms with van der Waals surface area (Å²) in [5.74, 6) is 1.01. The molecule has 0 aliphatic heterocycles. The zero-order valence-corrected chi connectivity index (χ0v) is 11.5. The number of carbonyl (C=O) groups is 1. The van der Waals surface area contributed by atoms with E-state index in [-0.39, 0.29) is 12.4 Å². The summed E-state index contributed by atoms with van der Waals surface area (Å²) in [7, 11) is 3.21. The van der Waals surface area contributed by atoms with Crippen molar-refractivity contribution >= 4 is 5.97 Å². The maximum absolute atomic E-state index is 11.3. The zero-order chi connectivity index (χ0) is 14.4. The molecule has 0 fully saturated rings. The fraction of sp³-hybridized carbons (Fsp3) is 0.267. The van der Waals surface area contributed by atoms with Gasteiger partial charge in [-0.15, -0.1) is 0 Å². The van der Waals surface area contributed by atoms with Gasteiger partial charge in [0.05, 0.1) is 7.11 Å². The lowest BCUT2D eigenvalue weighted by atomic mass is 10.2. The van der Waals surface area contributed by atoms with Crippen LogP contribution in [-0.4, -0.2) is 20.1 Å². The SMILES string of the molecule is CNCc1cccc(OCc2ccc(C(=O)OC)o2)c1. The van der Waals surface area contributed by atoms with Crippen molar-refractivity contribution in [2.75, 3.05) is 14.2 Å². The van der Waals surface area contributed by atoms with E-state index in [0.717, 1.165) is 17.9 Å². The van der Waals surface area contributed by atoms with Crippen molar-refractivity contribution in [1.29, 1.82) is 0 Å². The van der Waals surface area contributed by atoms with Crippen LogP contribution in [-0.2, 0) is 17.9 Å². The fourth-order valence-corrected chi connectivity index (χ4v) is 1.77. The molecule has 0 aliphatic rings. The van der Waals surface area contributed by atoms with Crippen molar-refractivity contribution < 1.29 is 18.7 Å². The molecular weight excluding hydrogens is 258 g/mol. The van der Waals surface area contributed by atoms with Crippen LogP contribution in [0.1, 0.15) is 21.9 Å². The lowest BCUT2D eigenvalue weighted by molar-refractivity contribution is 0.0561. The van der Waals surface area contributed by atoms with Gasteiger partial charge in [0.2, 0.25) is 5.76 Å². The van der Waals surface area contributed by atoms with Gasteiger partial charge in [0.25, 0.3) is 0 Å². The van der Waals surface area contributed by atoms with Gasteiger partial charge in [-0.25, -0.2) is 4.79 Å². The molecule has 0 saturated carbocycles. The van der Waals surface area contributed by atoms with E-state index in [4.69, 9.17) is 9.15 Å². The Bertz CT molecular complexity index is 577. The standard InChI is InChI=1S/C15H17NO4/c1-16-9-11-4-3-5-12(8-11)19-10-13-6-7-14(20-13)15(17)18-2/h3-8,16H,9-10H2,1-2H3. The molecule has 1 aromatic carbocycles. The highest BCUT2D eigenvalue weighted by atomic mass is 16.5. The molecule has 1 aromatic heterocycles. The van der Waals surface area contributed by atoms with Crippen LogP contribution in [0, 0.1) is 0 Å². The summed E-state index contributed by atoms with van der Waals surface area (Å²) in [5.41, 5.74) is 1.14. The van der Waals surface area contributed by atoms with Crippen LogP contribution < -0.4 is 10.1 Å². The van der Waals surface area contributed by atoms with Gasteiger partial charge in [0.1, 0.15) is 18.1 Å². The number of ether oxygens (including phenoxy) is 2. The number of carbonyl (C=O) groups excluding carboxylic acids is 1. The number of nitrogens with one attached hydrogen (secondary N) is 1. The summed E-state index contributed by atoms with van der Waals surface area (Å²) in [6, 6.07) is 11.1. The summed E-state index contributed by atoms with van der Waals surface area (Å²) in [6.45, 7) is 1.05. The normalized spacial score (nSPS) is 10.3. The van der Waals surface area contributed by atoms with Crippen LogP contribution in [0.25, 0.3) is 0 Å². The molecule has 5 heteroatoms. The zero-order valence-electron chi connectivity index (χ0n) is 11.5. The lowest BCUT2D eigenvalue weighted by Crippen LogP contribution is -2.05. The Hall–Kier alpha value is -2.27. The van der Waals surface area contributed by atoms with Crippen LogP contribution >= 0.6 is 0 Å². The largest absolute Gasteiger partial charge is 0.486 e. The molecule has 1 heterocycles. The minimum absolute atomic E-state index is 0.176. The summed E-state index contributed by atoms with van der Waals surface area (Å²) in [4.78, 5) is 11.3. The van der Waals surface area contributed by atoms with Gasteiger partial charge in [0.15, 0.2) is 0 Å². The van der Waals surface area contributed by atoms with E-state index in [1.807, 2.05) is 31.3 Å². The van der Waals surface area contributed by atoms with Crippen molar-refractivity contribution in [1.82, 2.24) is 5.32 Å². The van der Waals surface area contributed by atoms with Gasteiger partial charge in [-0.3, -0.25) is 0 Å². The molecule has 0 spiro atoms. The number of benzene rings is 1. The predicted molar refractivity (Wildman–Crippen MR) is 73.6 cm³/mol. The maximum Gasteiger partial charge on any atom is 0.373 e. The number of esters is 1. The second-order valence-corrected chi connectivity index (χ2v) is 4.22. The second-order valence-electron chi connectivity index (χ2n) is 4.22. The molecule has 106 valence electrons. The molecule has 0 unspecified atom stereocenters. The van der Waals surface area contributed by atoms with Crippen LogP contribution in [0.2, 0.25) is 0 Å². The molecule has 2 aromatic rings. The summed E-state index contributed by atoms with van der Waals surface area (Å²) < 4.78 is 15.5. The third-order valence-corrected chi connectivity index (χ3v) is 2.71. The minimum atomic E-state index is -0.493. The molecule has 0 bridgehead atoms. The molecule has 1 N–H and O–H groups in total. The van der Waals surface area contributed by atoms with Crippen molar-refractivity contribution in [2.24, 2.45) is 0 Å². The highest BCUT2D eigenvalue weighted by molar-refractivity contribution is 5.86. The monoisotopic (exact) mass is 275 g/mol. The van der Waals surface area contributed by atoms with Gasteiger partial charge in [-0.1, -0.05) is 12.1 Å². The van der Waals surface area contributed by atoms with Crippen molar-refractivity contribution in [3.63, 3.8) is 0 Å². The Kier molecular flexibility index (Phi) is 4.79. The number of hydrogen-bond acceptors (Lipinski definition) is 5. The smallest absolute Gasteiger partial charge is 0.373 e. The van der Waals surface area contributed by atoms with Crippen LogP contribution in [0.4, 0.5) is 0 Å². The molecular formula is C15H17NO4. The van der Waals surface area contributed by atoms with E-state index in [9.17, 15) is 4.79 Å². The number of hydrogen-bond donors (Lipinski definition) is 1. The van der Waals surface area contributed by atoms with Gasteiger partial charge in [-0.2, -0.15) is 0 Å². The maximum atomic E-state index is 11.3. The molecule has 0 saturated heterocycles. The predicted octanol–water partition coefficient (Wildman–Crippen LogP) is 2.36. The fourth-order valence-electron chi connectivity index (χ4n) is 1.77. The van der Waals surface area contributed by atoms with Gasteiger partial charge < -0.3 is 19.2 Å². The Labute approximate surface area is 117 Å². The lowest BCUT2D eigenvalue weighted by Gasteiger charge is -2.06. The van der Waals surface area contributed by atoms with Crippen molar-refractivity contribution in [3.05, 3.63) is 53.5 Å². The first-order chi connectivity index (χ1) is 9.72. The van der Waals surface area contributed by atoms with Crippen LogP contribution in [0.5, 0.6) is 5.75 Å². The topological polar surface area (TPSA) is 60.7 Å². The molecule has 0 radical (unpaired) electrons. The third-order valence-electron chi connectivity index (χ3n) is 2.71. The summed E-state index contributed by atoms with van der Waals surface area (Å²) in [6.07, 6.45) is 0. The first kappa shape index (κ1) is 14.1. The molecule has 2 rings (SSSR count).